The largest absolute Gasteiger partial charge is 0.312 e. The third-order valence-corrected chi connectivity index (χ3v) is 4.31. The molecule has 0 fully saturated rings. The van der Waals surface area contributed by atoms with Crippen molar-refractivity contribution in [1.82, 2.24) is 5.32 Å². The van der Waals surface area contributed by atoms with Crippen molar-refractivity contribution < 1.29 is 0 Å². The van der Waals surface area contributed by atoms with Crippen LogP contribution in [0.1, 0.15) is 26.8 Å². The third-order valence-electron chi connectivity index (χ3n) is 3.20. The first kappa shape index (κ1) is 10.1. The Labute approximate surface area is 100 Å². The number of nitrogens with one attached hydrogen (secondary N) is 1. The molecule has 0 radical (unpaired) electrons. The summed E-state index contributed by atoms with van der Waals surface area (Å²) in [6.07, 6.45) is 0. The van der Waals surface area contributed by atoms with Crippen LogP contribution in [0, 0.1) is 6.92 Å². The van der Waals surface area contributed by atoms with Crippen LogP contribution >= 0.6 is 11.3 Å². The highest BCUT2D eigenvalue weighted by atomic mass is 32.1. The van der Waals surface area contributed by atoms with Crippen molar-refractivity contribution in [1.29, 1.82) is 0 Å². The van der Waals surface area contributed by atoms with Crippen molar-refractivity contribution in [3.8, 4) is 0 Å². The molecule has 3 rings (SSSR count). The topological polar surface area (TPSA) is 12.0 Å². The Balaban J connectivity index is 2.04. The Morgan fingerprint density at radius 3 is 2.88 bits per heavy atom. The maximum atomic E-state index is 3.51. The zero-order valence-electron chi connectivity index (χ0n) is 9.36. The number of hydrogen-bond acceptors (Lipinski definition) is 2. The lowest BCUT2D eigenvalue weighted by Gasteiger charge is -2.25. The first-order chi connectivity index (χ1) is 7.84. The van der Waals surface area contributed by atoms with E-state index in [0.717, 1.165) is 13.1 Å². The van der Waals surface area contributed by atoms with Crippen LogP contribution in [0.15, 0.2) is 36.4 Å². The number of fused-ring (bicyclic) bond motifs is 1. The molecule has 0 saturated carbocycles. The van der Waals surface area contributed by atoms with Gasteiger partial charge in [0, 0.05) is 28.8 Å². The second-order valence-corrected chi connectivity index (χ2v) is 5.65. The van der Waals surface area contributed by atoms with Crippen molar-refractivity contribution in [3.05, 3.63) is 57.3 Å². The Bertz CT molecular complexity index is 501. The SMILES string of the molecule is Cc1ccc(C2CNCc3ccccc32)s1. The molecule has 1 N–H and O–H groups in total. The lowest BCUT2D eigenvalue weighted by atomic mass is 9.90. The molecule has 0 amide bonds. The zero-order valence-corrected chi connectivity index (χ0v) is 10.2. The average Bonchev–Trinajstić information content (AvgIpc) is 2.75. The van der Waals surface area contributed by atoms with Crippen LogP contribution in [0.2, 0.25) is 0 Å². The lowest BCUT2D eigenvalue weighted by Crippen LogP contribution is -2.28. The standard InChI is InChI=1S/C14H15NS/c1-10-6-7-14(16-10)13-9-15-8-11-4-2-3-5-12(11)13/h2-7,13,15H,8-9H2,1H3. The summed E-state index contributed by atoms with van der Waals surface area (Å²) in [5, 5.41) is 3.51. The molecule has 2 heteroatoms. The van der Waals surface area contributed by atoms with Crippen LogP contribution in [0.4, 0.5) is 0 Å². The van der Waals surface area contributed by atoms with Crippen molar-refractivity contribution >= 4 is 11.3 Å². The van der Waals surface area contributed by atoms with E-state index in [9.17, 15) is 0 Å². The Morgan fingerprint density at radius 1 is 1.19 bits per heavy atom. The number of thiophene rings is 1. The minimum atomic E-state index is 0.545. The van der Waals surface area contributed by atoms with Crippen LogP contribution in [0.3, 0.4) is 0 Å². The van der Waals surface area contributed by atoms with E-state index in [1.165, 1.54) is 20.9 Å². The second kappa shape index (κ2) is 4.04. The molecular formula is C14H15NS. The maximum absolute atomic E-state index is 3.51. The molecule has 1 aromatic carbocycles. The Hall–Kier alpha value is -1.12. The fraction of sp³-hybridized carbons (Fsp3) is 0.286. The molecule has 0 aliphatic carbocycles. The van der Waals surface area contributed by atoms with Gasteiger partial charge in [0.1, 0.15) is 0 Å². The summed E-state index contributed by atoms with van der Waals surface area (Å²) < 4.78 is 0. The summed E-state index contributed by atoms with van der Waals surface area (Å²) in [6.45, 7) is 4.25. The van der Waals surface area contributed by atoms with E-state index in [-0.39, 0.29) is 0 Å². The van der Waals surface area contributed by atoms with Gasteiger partial charge in [-0.3, -0.25) is 0 Å². The molecule has 1 aromatic heterocycles. The molecule has 1 aliphatic rings. The molecule has 0 saturated heterocycles. The quantitative estimate of drug-likeness (QED) is 0.791. The highest BCUT2D eigenvalue weighted by Gasteiger charge is 2.21. The number of rotatable bonds is 1. The zero-order chi connectivity index (χ0) is 11.0. The number of aryl methyl sites for hydroxylation is 1. The van der Waals surface area contributed by atoms with Crippen molar-refractivity contribution in [2.24, 2.45) is 0 Å². The van der Waals surface area contributed by atoms with Crippen molar-refractivity contribution in [2.45, 2.75) is 19.4 Å². The Morgan fingerprint density at radius 2 is 2.06 bits per heavy atom. The van der Waals surface area contributed by atoms with Crippen LogP contribution < -0.4 is 5.32 Å². The van der Waals surface area contributed by atoms with Gasteiger partial charge in [-0.05, 0) is 30.2 Å². The highest BCUT2D eigenvalue weighted by Crippen LogP contribution is 2.33. The average molecular weight is 229 g/mol. The molecule has 0 spiro atoms. The molecule has 2 aromatic rings. The minimum absolute atomic E-state index is 0.545. The first-order valence-corrected chi connectivity index (χ1v) is 6.51. The van der Waals surface area contributed by atoms with Gasteiger partial charge >= 0.3 is 0 Å². The van der Waals surface area contributed by atoms with Gasteiger partial charge in [0.05, 0.1) is 0 Å². The molecule has 1 atom stereocenters. The summed E-state index contributed by atoms with van der Waals surface area (Å²) >= 11 is 1.92. The van der Waals surface area contributed by atoms with E-state index < -0.39 is 0 Å². The fourth-order valence-electron chi connectivity index (χ4n) is 2.39. The van der Waals surface area contributed by atoms with Gasteiger partial charge in [-0.2, -0.15) is 0 Å². The molecule has 2 heterocycles. The summed E-state index contributed by atoms with van der Waals surface area (Å²) in [4.78, 5) is 2.88. The molecule has 0 bridgehead atoms. The first-order valence-electron chi connectivity index (χ1n) is 5.69. The lowest BCUT2D eigenvalue weighted by molar-refractivity contribution is 0.596. The van der Waals surface area contributed by atoms with Crippen LogP contribution in [0.25, 0.3) is 0 Å². The van der Waals surface area contributed by atoms with Gasteiger partial charge in [0.2, 0.25) is 0 Å². The van der Waals surface area contributed by atoms with Crippen LogP contribution in [-0.4, -0.2) is 6.54 Å². The van der Waals surface area contributed by atoms with E-state index in [0.29, 0.717) is 5.92 Å². The summed E-state index contributed by atoms with van der Waals surface area (Å²) in [5.41, 5.74) is 2.95. The van der Waals surface area contributed by atoms with Crippen molar-refractivity contribution in [3.63, 3.8) is 0 Å². The van der Waals surface area contributed by atoms with Gasteiger partial charge in [0.15, 0.2) is 0 Å². The molecule has 1 aliphatic heterocycles. The normalized spacial score (nSPS) is 19.4. The molecule has 1 nitrogen and oxygen atoms in total. The van der Waals surface area contributed by atoms with E-state index >= 15 is 0 Å². The molecule has 82 valence electrons. The number of hydrogen-bond donors (Lipinski definition) is 1. The van der Waals surface area contributed by atoms with E-state index in [2.05, 4.69) is 48.6 Å². The smallest absolute Gasteiger partial charge is 0.0312 e. The van der Waals surface area contributed by atoms with Gasteiger partial charge in [0.25, 0.3) is 0 Å². The fourth-order valence-corrected chi connectivity index (χ4v) is 3.39. The van der Waals surface area contributed by atoms with Gasteiger partial charge < -0.3 is 5.32 Å². The molecular weight excluding hydrogens is 214 g/mol. The second-order valence-electron chi connectivity index (χ2n) is 4.33. The van der Waals surface area contributed by atoms with E-state index in [1.54, 1.807) is 0 Å². The van der Waals surface area contributed by atoms with Crippen molar-refractivity contribution in [2.75, 3.05) is 6.54 Å². The molecule has 16 heavy (non-hydrogen) atoms. The third kappa shape index (κ3) is 1.68. The van der Waals surface area contributed by atoms with Gasteiger partial charge in [-0.25, -0.2) is 0 Å². The minimum Gasteiger partial charge on any atom is -0.312 e. The van der Waals surface area contributed by atoms with Crippen LogP contribution in [0.5, 0.6) is 0 Å². The Kier molecular flexibility index (Phi) is 2.54. The highest BCUT2D eigenvalue weighted by molar-refractivity contribution is 7.12. The summed E-state index contributed by atoms with van der Waals surface area (Å²) in [7, 11) is 0. The molecule has 1 unspecified atom stereocenters. The predicted molar refractivity (Wildman–Crippen MR) is 69.0 cm³/mol. The number of benzene rings is 1. The van der Waals surface area contributed by atoms with Gasteiger partial charge in [-0.1, -0.05) is 24.3 Å². The monoisotopic (exact) mass is 229 g/mol. The summed E-state index contributed by atoms with van der Waals surface area (Å²) in [6, 6.07) is 13.3. The maximum Gasteiger partial charge on any atom is 0.0312 e. The van der Waals surface area contributed by atoms with E-state index in [1.807, 2.05) is 11.3 Å². The predicted octanol–water partition coefficient (Wildman–Crippen LogP) is 3.29. The summed E-state index contributed by atoms with van der Waals surface area (Å²) in [5.74, 6) is 0.545. The van der Waals surface area contributed by atoms with E-state index in [4.69, 9.17) is 0 Å². The van der Waals surface area contributed by atoms with Gasteiger partial charge in [-0.15, -0.1) is 11.3 Å². The van der Waals surface area contributed by atoms with Crippen LogP contribution in [-0.2, 0) is 6.54 Å².